The van der Waals surface area contributed by atoms with Gasteiger partial charge in [0.1, 0.15) is 6.04 Å². The Labute approximate surface area is 167 Å². The number of nitrogens with two attached hydrogens (primary N) is 1. The zero-order chi connectivity index (χ0) is 21.2. The Balaban J connectivity index is 2.20. The van der Waals surface area contributed by atoms with Gasteiger partial charge >= 0.3 is 0 Å². The summed E-state index contributed by atoms with van der Waals surface area (Å²) in [5, 5.41) is 2.71. The lowest BCUT2D eigenvalue weighted by atomic mass is 9.81. The summed E-state index contributed by atoms with van der Waals surface area (Å²) in [5.74, 6) is -2.47. The van der Waals surface area contributed by atoms with Crippen LogP contribution in [0.2, 0.25) is 0 Å². The number of nitrogens with zero attached hydrogens (tertiary/aromatic N) is 1. The van der Waals surface area contributed by atoms with E-state index in [4.69, 9.17) is 5.73 Å². The molecule has 0 radical (unpaired) electrons. The SMILES string of the molecule is C=C[C@H]1CCN(C(=O)[C@@H](C)C(C)(C)C)[C@@H]1C(=O)NC(CC1CC1)C(=O)C(N)=O. The molecule has 4 atom stereocenters. The lowest BCUT2D eigenvalue weighted by Crippen LogP contribution is -2.55. The highest BCUT2D eigenvalue weighted by atomic mass is 16.2. The van der Waals surface area contributed by atoms with E-state index in [1.54, 1.807) is 11.0 Å². The van der Waals surface area contributed by atoms with E-state index in [2.05, 4.69) is 11.9 Å². The van der Waals surface area contributed by atoms with Crippen molar-refractivity contribution in [3.8, 4) is 0 Å². The van der Waals surface area contributed by atoms with Crippen LogP contribution >= 0.6 is 0 Å². The Morgan fingerprint density at radius 2 is 1.82 bits per heavy atom. The number of amides is 3. The Hall–Kier alpha value is -2.18. The first-order chi connectivity index (χ1) is 13.0. The number of ketones is 1. The molecule has 3 N–H and O–H groups in total. The number of carbonyl (C=O) groups excluding carboxylic acids is 4. The molecule has 28 heavy (non-hydrogen) atoms. The van der Waals surface area contributed by atoms with Crippen LogP contribution in [0.5, 0.6) is 0 Å². The summed E-state index contributed by atoms with van der Waals surface area (Å²) >= 11 is 0. The third-order valence-corrected chi connectivity index (χ3v) is 6.11. The molecule has 2 rings (SSSR count). The van der Waals surface area contributed by atoms with E-state index in [1.165, 1.54) is 0 Å². The average molecular weight is 392 g/mol. The maximum absolute atomic E-state index is 13.1. The van der Waals surface area contributed by atoms with Crippen LogP contribution < -0.4 is 11.1 Å². The molecule has 0 spiro atoms. The summed E-state index contributed by atoms with van der Waals surface area (Å²) in [6, 6.07) is -1.65. The molecule has 0 aromatic rings. The zero-order valence-electron chi connectivity index (χ0n) is 17.4. The third-order valence-electron chi connectivity index (χ3n) is 6.11. The molecule has 0 bridgehead atoms. The smallest absolute Gasteiger partial charge is 0.287 e. The number of carbonyl (C=O) groups is 4. The van der Waals surface area contributed by atoms with Crippen molar-refractivity contribution >= 4 is 23.5 Å². The van der Waals surface area contributed by atoms with Gasteiger partial charge in [-0.3, -0.25) is 19.2 Å². The Kier molecular flexibility index (Phi) is 6.67. The normalized spacial score (nSPS) is 24.4. The van der Waals surface area contributed by atoms with E-state index in [0.29, 0.717) is 25.3 Å². The summed E-state index contributed by atoms with van der Waals surface area (Å²) in [4.78, 5) is 51.3. The summed E-state index contributed by atoms with van der Waals surface area (Å²) in [5.41, 5.74) is 4.92. The standard InChI is InChI=1S/C21H33N3O4/c1-6-14-9-10-24(20(28)12(2)21(3,4)5)16(14)19(27)23-15(11-13-7-8-13)17(25)18(22)26/h6,12-16H,1,7-11H2,2-5H3,(H2,22,26)(H,23,27)/t12-,14+,15?,16+/m1/s1. The number of nitrogens with one attached hydrogen (secondary N) is 1. The minimum atomic E-state index is -1.05. The average Bonchev–Trinajstić information content (AvgIpc) is 3.32. The molecule has 2 aliphatic rings. The molecule has 7 nitrogen and oxygen atoms in total. The van der Waals surface area contributed by atoms with Crippen LogP contribution in [0.25, 0.3) is 0 Å². The monoisotopic (exact) mass is 391 g/mol. The molecule has 1 aliphatic carbocycles. The highest BCUT2D eigenvalue weighted by Gasteiger charge is 2.44. The van der Waals surface area contributed by atoms with Gasteiger partial charge in [-0.1, -0.05) is 46.6 Å². The van der Waals surface area contributed by atoms with Crippen molar-refractivity contribution in [2.75, 3.05) is 6.54 Å². The molecule has 7 heteroatoms. The second-order valence-corrected chi connectivity index (χ2v) is 9.22. The van der Waals surface area contributed by atoms with Crippen LogP contribution in [0.1, 0.15) is 53.4 Å². The second kappa shape index (κ2) is 8.45. The first-order valence-electron chi connectivity index (χ1n) is 10.0. The molecule has 156 valence electrons. The maximum atomic E-state index is 13.1. The van der Waals surface area contributed by atoms with Crippen molar-refractivity contribution in [1.82, 2.24) is 10.2 Å². The van der Waals surface area contributed by atoms with E-state index in [9.17, 15) is 19.2 Å². The fourth-order valence-electron chi connectivity index (χ4n) is 3.61. The minimum Gasteiger partial charge on any atom is -0.363 e. The van der Waals surface area contributed by atoms with Gasteiger partial charge in [-0.05, 0) is 24.2 Å². The van der Waals surface area contributed by atoms with E-state index in [0.717, 1.165) is 12.8 Å². The van der Waals surface area contributed by atoms with Crippen LogP contribution in [0.15, 0.2) is 12.7 Å². The van der Waals surface area contributed by atoms with E-state index >= 15 is 0 Å². The van der Waals surface area contributed by atoms with Crippen molar-refractivity contribution in [1.29, 1.82) is 0 Å². The van der Waals surface area contributed by atoms with Crippen LogP contribution in [-0.2, 0) is 19.2 Å². The first kappa shape index (κ1) is 22.1. The largest absolute Gasteiger partial charge is 0.363 e. The summed E-state index contributed by atoms with van der Waals surface area (Å²) in [6.07, 6.45) is 4.69. The summed E-state index contributed by atoms with van der Waals surface area (Å²) in [6.45, 7) is 12.1. The number of hydrogen-bond donors (Lipinski definition) is 2. The van der Waals surface area contributed by atoms with E-state index in [1.807, 2.05) is 27.7 Å². The fourth-order valence-corrected chi connectivity index (χ4v) is 3.61. The molecular formula is C21H33N3O4. The van der Waals surface area contributed by atoms with Gasteiger partial charge in [-0.25, -0.2) is 0 Å². The first-order valence-corrected chi connectivity index (χ1v) is 10.0. The second-order valence-electron chi connectivity index (χ2n) is 9.22. The molecule has 0 aromatic carbocycles. The lowest BCUT2D eigenvalue weighted by molar-refractivity contribution is -0.145. The highest BCUT2D eigenvalue weighted by molar-refractivity contribution is 6.37. The zero-order valence-corrected chi connectivity index (χ0v) is 17.4. The number of Topliss-reactive ketones (excluding diaryl/α,β-unsaturated/α-hetero) is 1. The molecule has 2 fully saturated rings. The minimum absolute atomic E-state index is 0.0861. The van der Waals surface area contributed by atoms with Crippen molar-refractivity contribution in [2.45, 2.75) is 65.5 Å². The van der Waals surface area contributed by atoms with Gasteiger partial charge in [0.2, 0.25) is 17.6 Å². The Morgan fingerprint density at radius 1 is 1.21 bits per heavy atom. The Morgan fingerprint density at radius 3 is 2.29 bits per heavy atom. The van der Waals surface area contributed by atoms with Crippen LogP contribution in [-0.4, -0.2) is 47.0 Å². The third kappa shape index (κ3) is 5.00. The number of primary amides is 1. The summed E-state index contributed by atoms with van der Waals surface area (Å²) in [7, 11) is 0. The van der Waals surface area contributed by atoms with Gasteiger partial charge in [0.05, 0.1) is 6.04 Å². The molecular weight excluding hydrogens is 358 g/mol. The number of hydrogen-bond acceptors (Lipinski definition) is 4. The van der Waals surface area contributed by atoms with Crippen LogP contribution in [0.4, 0.5) is 0 Å². The predicted octanol–water partition coefficient (Wildman–Crippen LogP) is 1.41. The number of rotatable bonds is 8. The van der Waals surface area contributed by atoms with Gasteiger partial charge in [0, 0.05) is 18.4 Å². The van der Waals surface area contributed by atoms with Crippen molar-refractivity contribution in [3.05, 3.63) is 12.7 Å². The summed E-state index contributed by atoms with van der Waals surface area (Å²) < 4.78 is 0. The molecule has 1 saturated carbocycles. The quantitative estimate of drug-likeness (QED) is 0.481. The van der Waals surface area contributed by atoms with Crippen molar-refractivity contribution in [3.63, 3.8) is 0 Å². The molecule has 1 unspecified atom stereocenters. The highest BCUT2D eigenvalue weighted by Crippen LogP contribution is 2.35. The molecule has 1 heterocycles. The molecule has 1 aliphatic heterocycles. The van der Waals surface area contributed by atoms with Gasteiger partial charge < -0.3 is 16.0 Å². The van der Waals surface area contributed by atoms with Crippen LogP contribution in [0, 0.1) is 23.2 Å². The molecule has 0 aromatic heterocycles. The number of likely N-dealkylation sites (tertiary alicyclic amines) is 1. The van der Waals surface area contributed by atoms with Crippen molar-refractivity contribution < 1.29 is 19.2 Å². The van der Waals surface area contributed by atoms with Crippen molar-refractivity contribution in [2.24, 2.45) is 28.9 Å². The maximum Gasteiger partial charge on any atom is 0.287 e. The van der Waals surface area contributed by atoms with Gasteiger partial charge in [-0.15, -0.1) is 6.58 Å². The molecule has 1 saturated heterocycles. The van der Waals surface area contributed by atoms with Gasteiger partial charge in [-0.2, -0.15) is 0 Å². The molecule has 3 amide bonds. The Bertz CT molecular complexity index is 663. The van der Waals surface area contributed by atoms with Gasteiger partial charge in [0.15, 0.2) is 0 Å². The fraction of sp³-hybridized carbons (Fsp3) is 0.714. The lowest BCUT2D eigenvalue weighted by Gasteiger charge is -2.34. The topological polar surface area (TPSA) is 110 Å². The van der Waals surface area contributed by atoms with E-state index < -0.39 is 29.7 Å². The van der Waals surface area contributed by atoms with Crippen LogP contribution in [0.3, 0.4) is 0 Å². The predicted molar refractivity (Wildman–Crippen MR) is 106 cm³/mol. The van der Waals surface area contributed by atoms with Gasteiger partial charge in [0.25, 0.3) is 5.91 Å². The van der Waals surface area contributed by atoms with E-state index in [-0.39, 0.29) is 23.2 Å².